The van der Waals surface area contributed by atoms with Gasteiger partial charge < -0.3 is 15.0 Å². The number of pyridine rings is 1. The lowest BCUT2D eigenvalue weighted by Gasteiger charge is -2.36. The highest BCUT2D eigenvalue weighted by atomic mass is 16.5. The van der Waals surface area contributed by atoms with Crippen LogP contribution in [0.2, 0.25) is 0 Å². The molecule has 1 aromatic heterocycles. The number of methoxy groups -OCH3 is 1. The van der Waals surface area contributed by atoms with Gasteiger partial charge in [0.1, 0.15) is 17.6 Å². The molecule has 1 aliphatic rings. The fourth-order valence-corrected chi connectivity index (χ4v) is 3.64. The number of nitriles is 1. The SMILES string of the molecule is COc1ccc(N2CCN(CCCNc3nc(C)cc(C)c3C#N)CC2)cc1. The van der Waals surface area contributed by atoms with Gasteiger partial charge in [0.15, 0.2) is 0 Å². The Labute approximate surface area is 167 Å². The number of ether oxygens (including phenoxy) is 1. The molecule has 3 rings (SSSR count). The van der Waals surface area contributed by atoms with Crippen molar-refractivity contribution in [2.45, 2.75) is 20.3 Å². The lowest BCUT2D eigenvalue weighted by molar-refractivity contribution is 0.257. The molecule has 1 aliphatic heterocycles. The summed E-state index contributed by atoms with van der Waals surface area (Å²) in [5.41, 5.74) is 3.83. The summed E-state index contributed by atoms with van der Waals surface area (Å²) in [4.78, 5) is 9.41. The van der Waals surface area contributed by atoms with Crippen LogP contribution in [0.25, 0.3) is 0 Å². The largest absolute Gasteiger partial charge is 0.497 e. The van der Waals surface area contributed by atoms with E-state index in [0.29, 0.717) is 11.4 Å². The molecular formula is C22H29N5O. The molecular weight excluding hydrogens is 350 g/mol. The zero-order chi connectivity index (χ0) is 19.9. The van der Waals surface area contributed by atoms with Crippen molar-refractivity contribution in [3.8, 4) is 11.8 Å². The Morgan fingerprint density at radius 2 is 1.86 bits per heavy atom. The number of anilines is 2. The average molecular weight is 380 g/mol. The van der Waals surface area contributed by atoms with Crippen molar-refractivity contribution in [1.82, 2.24) is 9.88 Å². The van der Waals surface area contributed by atoms with Crippen molar-refractivity contribution in [2.75, 3.05) is 56.6 Å². The van der Waals surface area contributed by atoms with E-state index in [1.54, 1.807) is 7.11 Å². The van der Waals surface area contributed by atoms with Gasteiger partial charge in [0.05, 0.1) is 12.7 Å². The maximum Gasteiger partial charge on any atom is 0.144 e. The fourth-order valence-electron chi connectivity index (χ4n) is 3.64. The van der Waals surface area contributed by atoms with E-state index in [2.05, 4.69) is 38.3 Å². The molecule has 1 fully saturated rings. The molecule has 2 aromatic rings. The molecule has 0 amide bonds. The molecule has 0 atom stereocenters. The van der Waals surface area contributed by atoms with Gasteiger partial charge in [-0.2, -0.15) is 5.26 Å². The Hall–Kier alpha value is -2.78. The van der Waals surface area contributed by atoms with Crippen LogP contribution in [0.4, 0.5) is 11.5 Å². The van der Waals surface area contributed by atoms with Crippen LogP contribution in [0, 0.1) is 25.2 Å². The van der Waals surface area contributed by atoms with Gasteiger partial charge in [0.2, 0.25) is 0 Å². The normalized spacial score (nSPS) is 14.6. The molecule has 1 aromatic carbocycles. The first-order chi connectivity index (χ1) is 13.6. The number of nitrogens with zero attached hydrogens (tertiary/aromatic N) is 4. The molecule has 0 radical (unpaired) electrons. The number of nitrogens with one attached hydrogen (secondary N) is 1. The topological polar surface area (TPSA) is 64.4 Å². The number of benzene rings is 1. The second-order valence-electron chi connectivity index (χ2n) is 7.22. The second kappa shape index (κ2) is 9.43. The van der Waals surface area contributed by atoms with Crippen molar-refractivity contribution in [3.63, 3.8) is 0 Å². The lowest BCUT2D eigenvalue weighted by Crippen LogP contribution is -2.46. The van der Waals surface area contributed by atoms with Crippen molar-refractivity contribution in [3.05, 3.63) is 47.2 Å². The minimum atomic E-state index is 0.652. The van der Waals surface area contributed by atoms with Crippen LogP contribution in [-0.4, -0.2) is 56.3 Å². The molecule has 2 heterocycles. The van der Waals surface area contributed by atoms with E-state index in [1.165, 1.54) is 5.69 Å². The highest BCUT2D eigenvalue weighted by Crippen LogP contribution is 2.21. The molecule has 28 heavy (non-hydrogen) atoms. The van der Waals surface area contributed by atoms with Crippen molar-refractivity contribution in [1.29, 1.82) is 5.26 Å². The number of piperazine rings is 1. The van der Waals surface area contributed by atoms with Gasteiger partial charge in [0.25, 0.3) is 0 Å². The van der Waals surface area contributed by atoms with Crippen LogP contribution in [0.1, 0.15) is 23.2 Å². The molecule has 0 saturated carbocycles. The quantitative estimate of drug-likeness (QED) is 0.746. The Morgan fingerprint density at radius 3 is 2.50 bits per heavy atom. The minimum Gasteiger partial charge on any atom is -0.497 e. The Morgan fingerprint density at radius 1 is 1.14 bits per heavy atom. The van der Waals surface area contributed by atoms with Gasteiger partial charge >= 0.3 is 0 Å². The summed E-state index contributed by atoms with van der Waals surface area (Å²) in [5.74, 6) is 1.61. The molecule has 0 bridgehead atoms. The highest BCUT2D eigenvalue weighted by Gasteiger charge is 2.17. The summed E-state index contributed by atoms with van der Waals surface area (Å²) in [7, 11) is 1.69. The maximum absolute atomic E-state index is 9.35. The third-order valence-corrected chi connectivity index (χ3v) is 5.21. The molecule has 0 aliphatic carbocycles. The van der Waals surface area contributed by atoms with Crippen molar-refractivity contribution >= 4 is 11.5 Å². The van der Waals surface area contributed by atoms with E-state index >= 15 is 0 Å². The van der Waals surface area contributed by atoms with E-state index in [1.807, 2.05) is 32.0 Å². The third kappa shape index (κ3) is 4.93. The van der Waals surface area contributed by atoms with Gasteiger partial charge in [-0.1, -0.05) is 0 Å². The van der Waals surface area contributed by atoms with Gasteiger partial charge in [-0.15, -0.1) is 0 Å². The Balaban J connectivity index is 1.42. The molecule has 1 saturated heterocycles. The number of aryl methyl sites for hydroxylation is 2. The van der Waals surface area contributed by atoms with Gasteiger partial charge in [-0.05, 0) is 62.7 Å². The van der Waals surface area contributed by atoms with E-state index in [4.69, 9.17) is 4.74 Å². The summed E-state index contributed by atoms with van der Waals surface area (Å²) in [6, 6.07) is 12.5. The molecule has 0 unspecified atom stereocenters. The summed E-state index contributed by atoms with van der Waals surface area (Å²) in [5, 5.41) is 12.7. The number of hydrogen-bond donors (Lipinski definition) is 1. The lowest BCUT2D eigenvalue weighted by atomic mass is 10.1. The Kier molecular flexibility index (Phi) is 6.72. The van der Waals surface area contributed by atoms with Gasteiger partial charge in [-0.3, -0.25) is 4.90 Å². The molecule has 148 valence electrons. The first kappa shape index (κ1) is 20.0. The third-order valence-electron chi connectivity index (χ3n) is 5.21. The maximum atomic E-state index is 9.35. The molecule has 6 heteroatoms. The van der Waals surface area contributed by atoms with E-state index in [-0.39, 0.29) is 0 Å². The van der Waals surface area contributed by atoms with Crippen LogP contribution in [0.5, 0.6) is 5.75 Å². The summed E-state index contributed by atoms with van der Waals surface area (Å²) in [6.07, 6.45) is 1.03. The minimum absolute atomic E-state index is 0.652. The number of rotatable bonds is 7. The highest BCUT2D eigenvalue weighted by molar-refractivity contribution is 5.56. The monoisotopic (exact) mass is 379 g/mol. The Bertz CT molecular complexity index is 820. The summed E-state index contributed by atoms with van der Waals surface area (Å²) < 4.78 is 5.23. The molecule has 1 N–H and O–H groups in total. The van der Waals surface area contributed by atoms with Crippen molar-refractivity contribution < 1.29 is 4.74 Å². The van der Waals surface area contributed by atoms with Crippen LogP contribution < -0.4 is 15.0 Å². The zero-order valence-corrected chi connectivity index (χ0v) is 17.0. The first-order valence-corrected chi connectivity index (χ1v) is 9.84. The van der Waals surface area contributed by atoms with Crippen LogP contribution in [0.3, 0.4) is 0 Å². The number of aromatic nitrogens is 1. The van der Waals surface area contributed by atoms with Crippen LogP contribution >= 0.6 is 0 Å². The average Bonchev–Trinajstić information content (AvgIpc) is 2.71. The summed E-state index contributed by atoms with van der Waals surface area (Å²) in [6.45, 7) is 10.0. The van der Waals surface area contributed by atoms with Gasteiger partial charge in [-0.25, -0.2) is 4.98 Å². The van der Waals surface area contributed by atoms with Crippen molar-refractivity contribution in [2.24, 2.45) is 0 Å². The van der Waals surface area contributed by atoms with Gasteiger partial charge in [0, 0.05) is 44.1 Å². The van der Waals surface area contributed by atoms with Crippen LogP contribution in [-0.2, 0) is 0 Å². The zero-order valence-electron chi connectivity index (χ0n) is 17.0. The predicted octanol–water partition coefficient (Wildman–Crippen LogP) is 3.20. The van der Waals surface area contributed by atoms with E-state index < -0.39 is 0 Å². The molecule has 0 spiro atoms. The smallest absolute Gasteiger partial charge is 0.144 e. The van der Waals surface area contributed by atoms with Crippen LogP contribution in [0.15, 0.2) is 30.3 Å². The number of hydrogen-bond acceptors (Lipinski definition) is 6. The standard InChI is InChI=1S/C22H29N5O/c1-17-15-18(2)25-22(21(17)16-23)24-9-4-10-26-11-13-27(14-12-26)19-5-7-20(28-3)8-6-19/h5-8,15H,4,9-14H2,1-3H3,(H,24,25). The van der Waals surface area contributed by atoms with E-state index in [9.17, 15) is 5.26 Å². The molecule has 6 nitrogen and oxygen atoms in total. The van der Waals surface area contributed by atoms with E-state index in [0.717, 1.165) is 62.7 Å². The predicted molar refractivity (Wildman–Crippen MR) is 113 cm³/mol. The fraction of sp³-hybridized carbons (Fsp3) is 0.455. The summed E-state index contributed by atoms with van der Waals surface area (Å²) >= 11 is 0. The second-order valence-corrected chi connectivity index (χ2v) is 7.22. The first-order valence-electron chi connectivity index (χ1n) is 9.84.